The zero-order valence-corrected chi connectivity index (χ0v) is 34.3. The largest absolute Gasteiger partial charge is 0.431 e. The molecule has 0 atom stereocenters. The Morgan fingerprint density at radius 1 is 0.519 bits per heavy atom. The van der Waals surface area contributed by atoms with Gasteiger partial charge in [0.15, 0.2) is 0 Å². The summed E-state index contributed by atoms with van der Waals surface area (Å²) in [4.78, 5) is 33.2. The van der Waals surface area contributed by atoms with Gasteiger partial charge in [0.2, 0.25) is 0 Å². The van der Waals surface area contributed by atoms with Gasteiger partial charge in [-0.2, -0.15) is 0 Å². The Morgan fingerprint density at radius 3 is 1.13 bits per heavy atom. The number of rotatable bonds is 9. The molecule has 0 bridgehead atoms. The van der Waals surface area contributed by atoms with Gasteiger partial charge in [-0.15, -0.1) is 0 Å². The lowest BCUT2D eigenvalue weighted by Crippen LogP contribution is -2.27. The predicted octanol–water partition coefficient (Wildman–Crippen LogP) is 10.0. The number of carbonyl (C=O) groups excluding carboxylic acids is 2. The first-order valence-corrected chi connectivity index (χ1v) is 18.8. The average molecular weight is 777 g/mol. The molecule has 0 aliphatic carbocycles. The topological polar surface area (TPSA) is 77.5 Å². The second kappa shape index (κ2) is 17.2. The van der Waals surface area contributed by atoms with Crippen LogP contribution in [0.3, 0.4) is 0 Å². The highest BCUT2D eigenvalue weighted by Gasteiger charge is 2.30. The van der Waals surface area contributed by atoms with Crippen molar-refractivity contribution in [2.24, 2.45) is 10.8 Å². The van der Waals surface area contributed by atoms with E-state index in [1.807, 2.05) is 60.7 Å². The van der Waals surface area contributed by atoms with E-state index in [9.17, 15) is 9.59 Å². The molecule has 8 nitrogen and oxygen atoms in total. The first-order chi connectivity index (χ1) is 24.3. The molecule has 0 saturated carbocycles. The molecule has 0 unspecified atom stereocenters. The summed E-state index contributed by atoms with van der Waals surface area (Å²) in [5.41, 5.74) is -0.681. The average Bonchev–Trinajstić information content (AvgIpc) is 3.06. The van der Waals surface area contributed by atoms with Crippen LogP contribution in [0.25, 0.3) is 11.1 Å². The van der Waals surface area contributed by atoms with Gasteiger partial charge < -0.3 is 28.7 Å². The van der Waals surface area contributed by atoms with E-state index in [1.54, 1.807) is 104 Å². The molecule has 0 fully saturated rings. The molecule has 12 heteroatoms. The SMILES string of the molecule is CN(C)C(=S)Oc1cc(Sc2ccccc2)c(OC(=O)C(C)(C)C)cc1-c1cc(OC(=O)C(C)(C)C)c(Sc2ccccc2)cc1OC(=S)N(C)C. The van der Waals surface area contributed by atoms with E-state index >= 15 is 0 Å². The van der Waals surface area contributed by atoms with E-state index in [0.717, 1.165) is 9.79 Å². The summed E-state index contributed by atoms with van der Waals surface area (Å²) in [5, 5.41) is 0.386. The molecule has 4 aromatic rings. The van der Waals surface area contributed by atoms with Crippen LogP contribution in [-0.4, -0.2) is 60.3 Å². The summed E-state index contributed by atoms with van der Waals surface area (Å²) in [6, 6.07) is 26.5. The second-order valence-corrected chi connectivity index (χ2v) is 17.2. The van der Waals surface area contributed by atoms with Crippen molar-refractivity contribution >= 4 is 70.2 Å². The van der Waals surface area contributed by atoms with E-state index < -0.39 is 22.8 Å². The van der Waals surface area contributed by atoms with Crippen LogP contribution in [0.15, 0.2) is 105 Å². The minimum Gasteiger partial charge on any atom is -0.431 e. The number of nitrogens with zero attached hydrogens (tertiary/aromatic N) is 2. The molecule has 0 amide bonds. The Morgan fingerprint density at radius 2 is 0.846 bits per heavy atom. The van der Waals surface area contributed by atoms with E-state index in [-0.39, 0.29) is 10.3 Å². The van der Waals surface area contributed by atoms with Gasteiger partial charge in [-0.1, -0.05) is 59.9 Å². The summed E-state index contributed by atoms with van der Waals surface area (Å²) >= 11 is 14.1. The third-order valence-electron chi connectivity index (χ3n) is 7.08. The number of hydrogen-bond acceptors (Lipinski definition) is 10. The van der Waals surface area contributed by atoms with Gasteiger partial charge in [0.05, 0.1) is 20.6 Å². The monoisotopic (exact) mass is 776 g/mol. The molecule has 0 saturated heterocycles. The van der Waals surface area contributed by atoms with Crippen LogP contribution in [0.4, 0.5) is 0 Å². The van der Waals surface area contributed by atoms with Gasteiger partial charge in [0.25, 0.3) is 10.3 Å². The molecule has 274 valence electrons. The Labute approximate surface area is 326 Å². The van der Waals surface area contributed by atoms with Gasteiger partial charge in [0.1, 0.15) is 23.0 Å². The normalized spacial score (nSPS) is 11.3. The molecule has 0 aliphatic heterocycles. The minimum atomic E-state index is -0.798. The van der Waals surface area contributed by atoms with Crippen LogP contribution in [0, 0.1) is 10.8 Å². The van der Waals surface area contributed by atoms with Gasteiger partial charge in [0, 0.05) is 49.1 Å². The first kappa shape index (κ1) is 40.7. The number of carbonyl (C=O) groups is 2. The standard InChI is InChI=1S/C40H44N2O6S4/c1-39(2,3)35(43)45-31-21-27(29(47-37(49)41(7)8)23-33(31)51-25-17-13-11-14-18-25)28-22-32(46-36(44)40(4,5)6)34(52-26-19-15-12-16-20-26)24-30(28)48-38(50)42(9)10/h11-24H,1-10H3. The predicted molar refractivity (Wildman–Crippen MR) is 217 cm³/mol. The maximum Gasteiger partial charge on any atom is 0.316 e. The molecule has 0 spiro atoms. The summed E-state index contributed by atoms with van der Waals surface area (Å²) in [5.74, 6) is 0.443. The van der Waals surface area contributed by atoms with Crippen molar-refractivity contribution in [2.75, 3.05) is 28.2 Å². The van der Waals surface area contributed by atoms with Gasteiger partial charge in [-0.05, 0) is 115 Å². The van der Waals surface area contributed by atoms with Gasteiger partial charge in [-0.25, -0.2) is 0 Å². The lowest BCUT2D eigenvalue weighted by Gasteiger charge is -2.24. The minimum absolute atomic E-state index is 0.193. The molecule has 0 heterocycles. The van der Waals surface area contributed by atoms with Crippen LogP contribution >= 0.6 is 48.0 Å². The molecule has 0 radical (unpaired) electrons. The van der Waals surface area contributed by atoms with Crippen molar-refractivity contribution in [3.05, 3.63) is 84.9 Å². The molecule has 0 aromatic heterocycles. The second-order valence-electron chi connectivity index (χ2n) is 14.2. The zero-order chi connectivity index (χ0) is 38.4. The van der Waals surface area contributed by atoms with Crippen molar-refractivity contribution in [2.45, 2.75) is 61.1 Å². The summed E-state index contributed by atoms with van der Waals surface area (Å²) in [6.07, 6.45) is 0. The fourth-order valence-electron chi connectivity index (χ4n) is 4.10. The maximum atomic E-state index is 13.4. The molecule has 0 N–H and O–H groups in total. The van der Waals surface area contributed by atoms with E-state index in [4.69, 9.17) is 43.4 Å². The van der Waals surface area contributed by atoms with Crippen LogP contribution in [0.2, 0.25) is 0 Å². The third-order valence-corrected chi connectivity index (χ3v) is 10.1. The number of benzene rings is 4. The fourth-order valence-corrected chi connectivity index (χ4v) is 6.11. The molecular formula is C40H44N2O6S4. The zero-order valence-electron chi connectivity index (χ0n) is 31.1. The van der Waals surface area contributed by atoms with E-state index in [2.05, 4.69) is 0 Å². The third kappa shape index (κ3) is 11.0. The Balaban J connectivity index is 2.07. The lowest BCUT2D eigenvalue weighted by molar-refractivity contribution is -0.143. The Kier molecular flexibility index (Phi) is 13.4. The maximum absolute atomic E-state index is 13.4. The van der Waals surface area contributed by atoms with Crippen LogP contribution < -0.4 is 18.9 Å². The Bertz CT molecular complexity index is 1790. The number of esters is 2. The van der Waals surface area contributed by atoms with E-state index in [1.165, 1.54) is 23.5 Å². The van der Waals surface area contributed by atoms with Crippen molar-refractivity contribution < 1.29 is 28.5 Å². The number of thiocarbonyl (C=S) groups is 2. The quantitative estimate of drug-likeness (QED) is 0.0923. The molecule has 4 aromatic carbocycles. The summed E-state index contributed by atoms with van der Waals surface area (Å²) < 4.78 is 25.0. The van der Waals surface area contributed by atoms with Crippen LogP contribution in [0.1, 0.15) is 41.5 Å². The highest BCUT2D eigenvalue weighted by Crippen LogP contribution is 2.49. The van der Waals surface area contributed by atoms with Crippen molar-refractivity contribution in [1.29, 1.82) is 0 Å². The van der Waals surface area contributed by atoms with Crippen LogP contribution in [-0.2, 0) is 9.59 Å². The summed E-state index contributed by atoms with van der Waals surface area (Å²) in [6.45, 7) is 10.8. The highest BCUT2D eigenvalue weighted by molar-refractivity contribution is 7.99. The van der Waals surface area contributed by atoms with Gasteiger partial charge >= 0.3 is 11.9 Å². The highest BCUT2D eigenvalue weighted by atomic mass is 32.2. The van der Waals surface area contributed by atoms with Crippen LogP contribution in [0.5, 0.6) is 23.0 Å². The van der Waals surface area contributed by atoms with Crippen molar-refractivity contribution in [3.8, 4) is 34.1 Å². The fraction of sp³-hybridized carbons (Fsp3) is 0.300. The lowest BCUT2D eigenvalue weighted by atomic mass is 9.97. The molecule has 0 aliphatic rings. The van der Waals surface area contributed by atoms with Crippen molar-refractivity contribution in [1.82, 2.24) is 9.80 Å². The number of hydrogen-bond donors (Lipinski definition) is 0. The molecule has 52 heavy (non-hydrogen) atoms. The first-order valence-electron chi connectivity index (χ1n) is 16.4. The van der Waals surface area contributed by atoms with Gasteiger partial charge in [-0.3, -0.25) is 9.59 Å². The van der Waals surface area contributed by atoms with Crippen molar-refractivity contribution in [3.63, 3.8) is 0 Å². The van der Waals surface area contributed by atoms with E-state index in [0.29, 0.717) is 43.9 Å². The summed E-state index contributed by atoms with van der Waals surface area (Å²) in [7, 11) is 7.13. The molecular weight excluding hydrogens is 733 g/mol. The molecule has 4 rings (SSSR count). The Hall–Kier alpha value is -4.10. The number of ether oxygens (including phenoxy) is 4. The smallest absolute Gasteiger partial charge is 0.316 e.